The van der Waals surface area contributed by atoms with Crippen LogP contribution < -0.4 is 5.32 Å². The van der Waals surface area contributed by atoms with Gasteiger partial charge in [-0.3, -0.25) is 0 Å². The third-order valence-electron chi connectivity index (χ3n) is 4.01. The summed E-state index contributed by atoms with van der Waals surface area (Å²) >= 11 is 3.46. The van der Waals surface area contributed by atoms with Gasteiger partial charge in [0.25, 0.3) is 0 Å². The number of aliphatic hydroxyl groups is 1. The second kappa shape index (κ2) is 6.87. The molecule has 2 N–H and O–H groups in total. The molecule has 0 amide bonds. The van der Waals surface area contributed by atoms with Gasteiger partial charge in [0.1, 0.15) is 0 Å². The molecule has 0 bridgehead atoms. The maximum atomic E-state index is 9.76. The number of nitrogens with one attached hydrogen (secondary N) is 1. The van der Waals surface area contributed by atoms with Gasteiger partial charge in [-0.25, -0.2) is 0 Å². The van der Waals surface area contributed by atoms with Crippen molar-refractivity contribution in [3.63, 3.8) is 0 Å². The van der Waals surface area contributed by atoms with Gasteiger partial charge in [0.15, 0.2) is 0 Å². The molecule has 0 aliphatic heterocycles. The highest BCUT2D eigenvalue weighted by atomic mass is 79.9. The summed E-state index contributed by atoms with van der Waals surface area (Å²) in [7, 11) is 0. The van der Waals surface area contributed by atoms with Gasteiger partial charge in [-0.1, -0.05) is 47.3 Å². The molecule has 1 unspecified atom stereocenters. The molecule has 1 aromatic rings. The van der Waals surface area contributed by atoms with Gasteiger partial charge in [-0.2, -0.15) is 0 Å². The molecule has 1 atom stereocenters. The molecule has 0 radical (unpaired) electrons. The molecule has 0 spiro atoms. The fourth-order valence-electron chi connectivity index (χ4n) is 2.95. The summed E-state index contributed by atoms with van der Waals surface area (Å²) in [6.07, 6.45) is 7.36. The van der Waals surface area contributed by atoms with Crippen LogP contribution >= 0.6 is 15.9 Å². The lowest BCUT2D eigenvalue weighted by Gasteiger charge is -2.35. The first kappa shape index (κ1) is 15.0. The number of rotatable bonds is 5. The van der Waals surface area contributed by atoms with Crippen LogP contribution in [0, 0.1) is 0 Å². The normalized spacial score (nSPS) is 20.2. The van der Waals surface area contributed by atoms with Gasteiger partial charge in [0.2, 0.25) is 0 Å². The van der Waals surface area contributed by atoms with Crippen LogP contribution in [0.3, 0.4) is 0 Å². The van der Waals surface area contributed by atoms with E-state index in [2.05, 4.69) is 52.4 Å². The number of hydrogen-bond acceptors (Lipinski definition) is 2. The zero-order valence-corrected chi connectivity index (χ0v) is 13.2. The minimum absolute atomic E-state index is 0.180. The molecule has 0 heterocycles. The van der Waals surface area contributed by atoms with Crippen LogP contribution in [-0.2, 0) is 6.42 Å². The zero-order chi connectivity index (χ0) is 13.7. The van der Waals surface area contributed by atoms with Crippen LogP contribution in [0.4, 0.5) is 0 Å². The maximum absolute atomic E-state index is 9.76. The number of hydrogen-bond donors (Lipinski definition) is 2. The van der Waals surface area contributed by atoms with Crippen molar-refractivity contribution >= 4 is 15.9 Å². The Morgan fingerprint density at radius 1 is 1.21 bits per heavy atom. The van der Waals surface area contributed by atoms with Crippen LogP contribution in [0.1, 0.15) is 44.6 Å². The van der Waals surface area contributed by atoms with Crippen LogP contribution in [0.2, 0.25) is 0 Å². The second-order valence-corrected chi connectivity index (χ2v) is 6.92. The molecular formula is C16H24BrNO. The summed E-state index contributed by atoms with van der Waals surface area (Å²) in [4.78, 5) is 0. The van der Waals surface area contributed by atoms with Crippen LogP contribution in [0.25, 0.3) is 0 Å². The molecule has 1 saturated carbocycles. The molecule has 19 heavy (non-hydrogen) atoms. The van der Waals surface area contributed by atoms with Gasteiger partial charge in [-0.15, -0.1) is 0 Å². The fraction of sp³-hybridized carbons (Fsp3) is 0.625. The first-order valence-electron chi connectivity index (χ1n) is 7.24. The average molecular weight is 326 g/mol. The Kier molecular flexibility index (Phi) is 5.43. The highest BCUT2D eigenvalue weighted by Crippen LogP contribution is 2.22. The predicted octanol–water partition coefficient (Wildman–Crippen LogP) is 3.66. The number of benzene rings is 1. The monoisotopic (exact) mass is 325 g/mol. The Hall–Kier alpha value is -0.380. The lowest BCUT2D eigenvalue weighted by molar-refractivity contribution is 0.150. The zero-order valence-electron chi connectivity index (χ0n) is 11.7. The summed E-state index contributed by atoms with van der Waals surface area (Å²) in [5.41, 5.74) is 1.05. The van der Waals surface area contributed by atoms with E-state index in [0.717, 1.165) is 10.9 Å². The largest absolute Gasteiger partial charge is 0.394 e. The van der Waals surface area contributed by atoms with Crippen LogP contribution in [-0.4, -0.2) is 23.3 Å². The van der Waals surface area contributed by atoms with Gasteiger partial charge in [0.05, 0.1) is 6.61 Å². The van der Waals surface area contributed by atoms with E-state index in [9.17, 15) is 5.11 Å². The van der Waals surface area contributed by atoms with E-state index < -0.39 is 0 Å². The third-order valence-corrected chi connectivity index (χ3v) is 4.54. The van der Waals surface area contributed by atoms with Gasteiger partial charge < -0.3 is 10.4 Å². The molecular weight excluding hydrogens is 302 g/mol. The highest BCUT2D eigenvalue weighted by molar-refractivity contribution is 9.10. The van der Waals surface area contributed by atoms with Crippen LogP contribution in [0.5, 0.6) is 0 Å². The first-order chi connectivity index (χ1) is 9.11. The minimum Gasteiger partial charge on any atom is -0.394 e. The van der Waals surface area contributed by atoms with E-state index >= 15 is 0 Å². The average Bonchev–Trinajstić information content (AvgIpc) is 2.42. The van der Waals surface area contributed by atoms with Crippen molar-refractivity contribution in [2.75, 3.05) is 6.61 Å². The summed E-state index contributed by atoms with van der Waals surface area (Å²) in [6, 6.07) is 8.95. The maximum Gasteiger partial charge on any atom is 0.0613 e. The van der Waals surface area contributed by atoms with Gasteiger partial charge in [-0.05, 0) is 43.9 Å². The van der Waals surface area contributed by atoms with Crippen molar-refractivity contribution in [2.45, 2.75) is 57.0 Å². The standard InChI is InChI=1S/C16H24BrNO/c1-16(12-19,18-15-5-3-2-4-6-15)11-13-7-9-14(17)10-8-13/h7-10,15,18-19H,2-6,11-12H2,1H3. The lowest BCUT2D eigenvalue weighted by atomic mass is 9.89. The Morgan fingerprint density at radius 3 is 2.42 bits per heavy atom. The second-order valence-electron chi connectivity index (χ2n) is 6.00. The quantitative estimate of drug-likeness (QED) is 0.865. The summed E-state index contributed by atoms with van der Waals surface area (Å²) in [5, 5.41) is 13.4. The molecule has 3 heteroatoms. The molecule has 1 aliphatic carbocycles. The van der Waals surface area contributed by atoms with Gasteiger partial charge >= 0.3 is 0 Å². The van der Waals surface area contributed by atoms with Crippen molar-refractivity contribution in [3.8, 4) is 0 Å². The van der Waals surface area contributed by atoms with E-state index in [0.29, 0.717) is 6.04 Å². The molecule has 1 fully saturated rings. The lowest BCUT2D eigenvalue weighted by Crippen LogP contribution is -2.52. The summed E-state index contributed by atoms with van der Waals surface area (Å²) < 4.78 is 1.10. The van der Waals surface area contributed by atoms with E-state index in [4.69, 9.17) is 0 Å². The first-order valence-corrected chi connectivity index (χ1v) is 8.04. The van der Waals surface area contributed by atoms with E-state index in [-0.39, 0.29) is 12.1 Å². The van der Waals surface area contributed by atoms with Crippen molar-refractivity contribution in [2.24, 2.45) is 0 Å². The smallest absolute Gasteiger partial charge is 0.0613 e. The van der Waals surface area contributed by atoms with Crippen molar-refractivity contribution in [3.05, 3.63) is 34.3 Å². The van der Waals surface area contributed by atoms with E-state index in [1.807, 2.05) is 0 Å². The third kappa shape index (κ3) is 4.59. The Bertz CT molecular complexity index is 386. The van der Waals surface area contributed by atoms with E-state index in [1.54, 1.807) is 0 Å². The molecule has 2 rings (SSSR count). The number of halogens is 1. The molecule has 1 aliphatic rings. The Labute approximate surface area is 124 Å². The topological polar surface area (TPSA) is 32.3 Å². The summed E-state index contributed by atoms with van der Waals surface area (Å²) in [5.74, 6) is 0. The fourth-order valence-corrected chi connectivity index (χ4v) is 3.21. The van der Waals surface area contributed by atoms with Gasteiger partial charge in [0, 0.05) is 16.1 Å². The molecule has 106 valence electrons. The Morgan fingerprint density at radius 2 is 1.84 bits per heavy atom. The van der Waals surface area contributed by atoms with Crippen molar-refractivity contribution in [1.29, 1.82) is 0 Å². The molecule has 1 aromatic carbocycles. The molecule has 2 nitrogen and oxygen atoms in total. The van der Waals surface area contributed by atoms with Crippen molar-refractivity contribution < 1.29 is 5.11 Å². The Balaban J connectivity index is 1.98. The molecule has 0 aromatic heterocycles. The number of aliphatic hydroxyl groups excluding tert-OH is 1. The van der Waals surface area contributed by atoms with E-state index in [1.165, 1.54) is 37.7 Å². The SMILES string of the molecule is CC(CO)(Cc1ccc(Br)cc1)NC1CCCCC1. The predicted molar refractivity (Wildman–Crippen MR) is 83.3 cm³/mol. The highest BCUT2D eigenvalue weighted by Gasteiger charge is 2.27. The summed E-state index contributed by atoms with van der Waals surface area (Å²) in [6.45, 7) is 2.31. The molecule has 0 saturated heterocycles. The minimum atomic E-state index is -0.212. The van der Waals surface area contributed by atoms with Crippen molar-refractivity contribution in [1.82, 2.24) is 5.32 Å². The van der Waals surface area contributed by atoms with Crippen LogP contribution in [0.15, 0.2) is 28.7 Å².